The lowest BCUT2D eigenvalue weighted by molar-refractivity contribution is -0.118. The first-order valence-corrected chi connectivity index (χ1v) is 10.5. The molecule has 0 unspecified atom stereocenters. The van der Waals surface area contributed by atoms with Gasteiger partial charge in [0.1, 0.15) is 10.8 Å². The topological polar surface area (TPSA) is 71.1 Å². The predicted octanol–water partition coefficient (Wildman–Crippen LogP) is 5.36. The minimum absolute atomic E-state index is 0.0648. The number of halogens is 1. The van der Waals surface area contributed by atoms with Crippen molar-refractivity contribution < 1.29 is 14.0 Å². The van der Waals surface area contributed by atoms with E-state index < -0.39 is 0 Å². The second-order valence-electron chi connectivity index (χ2n) is 6.95. The summed E-state index contributed by atoms with van der Waals surface area (Å²) in [6.45, 7) is 3.65. The van der Waals surface area contributed by atoms with Crippen LogP contribution in [0.5, 0.6) is 0 Å². The largest absolute Gasteiger partial charge is 0.326 e. The highest BCUT2D eigenvalue weighted by Gasteiger charge is 2.14. The molecule has 0 saturated carbocycles. The van der Waals surface area contributed by atoms with E-state index in [1.165, 1.54) is 23.9 Å². The molecular weight excluding hydrogens is 401 g/mol. The van der Waals surface area contributed by atoms with Crippen LogP contribution in [0, 0.1) is 11.7 Å². The van der Waals surface area contributed by atoms with Gasteiger partial charge in [0.25, 0.3) is 5.91 Å². The van der Waals surface area contributed by atoms with Gasteiger partial charge < -0.3 is 10.6 Å². The average Bonchev–Trinajstić information content (AvgIpc) is 2.75. The first-order chi connectivity index (χ1) is 14.4. The number of carbonyl (C=O) groups is 2. The first kappa shape index (κ1) is 21.5. The van der Waals surface area contributed by atoms with Gasteiger partial charge in [-0.15, -0.1) is 11.8 Å². The molecule has 3 aromatic rings. The molecule has 5 nitrogen and oxygen atoms in total. The van der Waals surface area contributed by atoms with Gasteiger partial charge in [0.2, 0.25) is 5.91 Å². The summed E-state index contributed by atoms with van der Waals surface area (Å²) < 4.78 is 13.1. The Balaban J connectivity index is 1.65. The molecule has 2 aromatic carbocycles. The molecule has 2 N–H and O–H groups in total. The van der Waals surface area contributed by atoms with Gasteiger partial charge in [-0.1, -0.05) is 26.0 Å². The van der Waals surface area contributed by atoms with Gasteiger partial charge in [-0.05, 0) is 54.1 Å². The van der Waals surface area contributed by atoms with E-state index >= 15 is 0 Å². The third-order valence-electron chi connectivity index (χ3n) is 4.24. The van der Waals surface area contributed by atoms with Crippen molar-refractivity contribution in [2.45, 2.75) is 24.6 Å². The number of nitrogens with one attached hydrogen (secondary N) is 2. The van der Waals surface area contributed by atoms with Crippen LogP contribution in [-0.2, 0) is 10.5 Å². The van der Waals surface area contributed by atoms with E-state index in [0.717, 1.165) is 5.56 Å². The van der Waals surface area contributed by atoms with Crippen LogP contribution in [0.25, 0.3) is 0 Å². The number of rotatable bonds is 7. The van der Waals surface area contributed by atoms with Crippen molar-refractivity contribution in [3.8, 4) is 0 Å². The maximum absolute atomic E-state index is 13.1. The monoisotopic (exact) mass is 423 g/mol. The molecule has 0 atom stereocenters. The van der Waals surface area contributed by atoms with E-state index in [0.29, 0.717) is 27.7 Å². The zero-order chi connectivity index (χ0) is 21.5. The van der Waals surface area contributed by atoms with E-state index in [1.807, 2.05) is 13.8 Å². The fourth-order valence-electron chi connectivity index (χ4n) is 2.53. The summed E-state index contributed by atoms with van der Waals surface area (Å²) in [6.07, 6.45) is 1.63. The molecule has 30 heavy (non-hydrogen) atoms. The summed E-state index contributed by atoms with van der Waals surface area (Å²) in [7, 11) is 0. The Labute approximate surface area is 179 Å². The number of thioether (sulfide) groups is 1. The average molecular weight is 424 g/mol. The maximum atomic E-state index is 13.1. The lowest BCUT2D eigenvalue weighted by atomic mass is 10.2. The van der Waals surface area contributed by atoms with Crippen LogP contribution in [0.2, 0.25) is 0 Å². The highest BCUT2D eigenvalue weighted by atomic mass is 32.2. The molecule has 0 aliphatic heterocycles. The molecule has 0 bridgehead atoms. The molecule has 0 saturated heterocycles. The zero-order valence-corrected chi connectivity index (χ0v) is 17.5. The second-order valence-corrected chi connectivity index (χ2v) is 7.91. The number of carbonyl (C=O) groups excluding carboxylic acids is 2. The van der Waals surface area contributed by atoms with Crippen molar-refractivity contribution in [3.05, 3.63) is 83.8 Å². The van der Waals surface area contributed by atoms with Crippen molar-refractivity contribution in [3.63, 3.8) is 0 Å². The number of amides is 2. The van der Waals surface area contributed by atoms with Crippen LogP contribution < -0.4 is 10.6 Å². The SMILES string of the molecule is CC(C)C(=O)Nc1ccc(NC(=O)c2cccnc2SCc2ccc(F)cc2)cc1. The van der Waals surface area contributed by atoms with Crippen LogP contribution in [-0.4, -0.2) is 16.8 Å². The predicted molar refractivity (Wildman–Crippen MR) is 118 cm³/mol. The van der Waals surface area contributed by atoms with Crippen LogP contribution in [0.4, 0.5) is 15.8 Å². The molecule has 1 aromatic heterocycles. The van der Waals surface area contributed by atoms with E-state index in [4.69, 9.17) is 0 Å². The highest BCUT2D eigenvalue weighted by molar-refractivity contribution is 7.98. The molecule has 1 heterocycles. The first-order valence-electron chi connectivity index (χ1n) is 9.47. The van der Waals surface area contributed by atoms with Gasteiger partial charge in [-0.2, -0.15) is 0 Å². The van der Waals surface area contributed by atoms with E-state index in [2.05, 4.69) is 15.6 Å². The van der Waals surface area contributed by atoms with Gasteiger partial charge in [0, 0.05) is 29.2 Å². The van der Waals surface area contributed by atoms with Gasteiger partial charge in [-0.3, -0.25) is 9.59 Å². The van der Waals surface area contributed by atoms with E-state index in [9.17, 15) is 14.0 Å². The number of hydrogen-bond acceptors (Lipinski definition) is 4. The fraction of sp³-hybridized carbons (Fsp3) is 0.174. The molecule has 2 amide bonds. The smallest absolute Gasteiger partial charge is 0.258 e. The van der Waals surface area contributed by atoms with E-state index in [1.54, 1.807) is 54.7 Å². The molecule has 0 spiro atoms. The molecule has 0 aliphatic carbocycles. The maximum Gasteiger partial charge on any atom is 0.258 e. The third-order valence-corrected chi connectivity index (χ3v) is 5.32. The van der Waals surface area contributed by atoms with Crippen LogP contribution in [0.1, 0.15) is 29.8 Å². The van der Waals surface area contributed by atoms with Crippen LogP contribution in [0.15, 0.2) is 71.9 Å². The summed E-state index contributed by atoms with van der Waals surface area (Å²) in [5.41, 5.74) is 2.68. The number of nitrogens with zero attached hydrogens (tertiary/aromatic N) is 1. The minimum Gasteiger partial charge on any atom is -0.326 e. The molecular formula is C23H22FN3O2S. The molecule has 0 radical (unpaired) electrons. The van der Waals surface area contributed by atoms with Gasteiger partial charge >= 0.3 is 0 Å². The molecule has 7 heteroatoms. The number of aromatic nitrogens is 1. The normalized spacial score (nSPS) is 10.7. The van der Waals surface area contributed by atoms with Crippen molar-refractivity contribution in [1.29, 1.82) is 0 Å². The van der Waals surface area contributed by atoms with E-state index in [-0.39, 0.29) is 23.5 Å². The molecule has 154 valence electrons. The highest BCUT2D eigenvalue weighted by Crippen LogP contribution is 2.25. The van der Waals surface area contributed by atoms with Crippen LogP contribution >= 0.6 is 11.8 Å². The Morgan fingerprint density at radius 3 is 2.23 bits per heavy atom. The van der Waals surface area contributed by atoms with Gasteiger partial charge in [0.15, 0.2) is 0 Å². The Bertz CT molecular complexity index is 1020. The number of hydrogen-bond donors (Lipinski definition) is 2. The number of anilines is 2. The summed E-state index contributed by atoms with van der Waals surface area (Å²) in [5, 5.41) is 6.26. The Morgan fingerprint density at radius 2 is 1.60 bits per heavy atom. The summed E-state index contributed by atoms with van der Waals surface area (Å²) in [4.78, 5) is 28.8. The molecule has 3 rings (SSSR count). The van der Waals surface area contributed by atoms with Crippen molar-refractivity contribution >= 4 is 35.0 Å². The summed E-state index contributed by atoms with van der Waals surface area (Å²) in [5.74, 6) is -0.159. The quantitative estimate of drug-likeness (QED) is 0.502. The van der Waals surface area contributed by atoms with Crippen molar-refractivity contribution in [2.75, 3.05) is 10.6 Å². The van der Waals surface area contributed by atoms with Crippen LogP contribution in [0.3, 0.4) is 0 Å². The zero-order valence-electron chi connectivity index (χ0n) is 16.7. The number of pyridine rings is 1. The Kier molecular flexibility index (Phi) is 7.19. The van der Waals surface area contributed by atoms with Crippen molar-refractivity contribution in [2.24, 2.45) is 5.92 Å². The lowest BCUT2D eigenvalue weighted by Gasteiger charge is -2.11. The van der Waals surface area contributed by atoms with Gasteiger partial charge in [0.05, 0.1) is 5.56 Å². The molecule has 0 aliphatic rings. The number of benzene rings is 2. The molecule has 0 fully saturated rings. The summed E-state index contributed by atoms with van der Waals surface area (Å²) in [6, 6.07) is 16.6. The fourth-order valence-corrected chi connectivity index (χ4v) is 3.48. The standard InChI is InChI=1S/C23H22FN3O2S/c1-15(2)21(28)26-18-9-11-19(12-10-18)27-22(29)20-4-3-13-25-23(20)30-14-16-5-7-17(24)8-6-16/h3-13,15H,14H2,1-2H3,(H,26,28)(H,27,29). The van der Waals surface area contributed by atoms with Crippen molar-refractivity contribution in [1.82, 2.24) is 4.98 Å². The lowest BCUT2D eigenvalue weighted by Crippen LogP contribution is -2.17. The second kappa shape index (κ2) is 10.0. The minimum atomic E-state index is -0.281. The Morgan fingerprint density at radius 1 is 0.967 bits per heavy atom. The van der Waals surface area contributed by atoms with Gasteiger partial charge in [-0.25, -0.2) is 9.37 Å². The Hall–Kier alpha value is -3.19. The summed E-state index contributed by atoms with van der Waals surface area (Å²) >= 11 is 1.41. The third kappa shape index (κ3) is 5.90.